The van der Waals surface area contributed by atoms with Gasteiger partial charge in [-0.2, -0.15) is 0 Å². The fourth-order valence-corrected chi connectivity index (χ4v) is 8.88. The molecule has 55 heavy (non-hydrogen) atoms. The van der Waals surface area contributed by atoms with Crippen LogP contribution >= 0.6 is 0 Å². The molecule has 9 atom stereocenters. The molecule has 1 aromatic carbocycles. The zero-order valence-corrected chi connectivity index (χ0v) is 36.7. The van der Waals surface area contributed by atoms with Gasteiger partial charge in [0.05, 0.1) is 31.2 Å². The van der Waals surface area contributed by atoms with Gasteiger partial charge in [-0.05, 0) is 69.4 Å². The lowest BCUT2D eigenvalue weighted by Crippen LogP contribution is -2.52. The number of hydrogen-bond donors (Lipinski definition) is 0. The highest BCUT2D eigenvalue weighted by Gasteiger charge is 2.43. The third kappa shape index (κ3) is 13.0. The summed E-state index contributed by atoms with van der Waals surface area (Å²) < 4.78 is 11.1. The number of likely N-dealkylation sites (tertiary alicyclic amines) is 1. The Bertz CT molecular complexity index is 1380. The molecular formula is C45H75N3O7. The van der Waals surface area contributed by atoms with Crippen LogP contribution in [0.25, 0.3) is 0 Å². The third-order valence-electron chi connectivity index (χ3n) is 12.4. The maximum atomic E-state index is 14.4. The van der Waals surface area contributed by atoms with E-state index in [1.807, 2.05) is 81.9 Å². The van der Waals surface area contributed by atoms with Crippen LogP contribution in [0.2, 0.25) is 0 Å². The molecule has 0 aliphatic carbocycles. The molecule has 1 saturated heterocycles. The van der Waals surface area contributed by atoms with E-state index in [1.54, 1.807) is 7.11 Å². The Morgan fingerprint density at radius 2 is 1.44 bits per heavy atom. The zero-order valence-electron chi connectivity index (χ0n) is 36.7. The van der Waals surface area contributed by atoms with Crippen molar-refractivity contribution in [2.24, 2.45) is 41.4 Å². The Kier molecular flexibility index (Phi) is 19.7. The number of carbonyl (C=O) groups is 5. The van der Waals surface area contributed by atoms with Gasteiger partial charge in [-0.25, -0.2) is 0 Å². The van der Waals surface area contributed by atoms with Crippen molar-refractivity contribution < 1.29 is 33.4 Å². The number of methoxy groups -OCH3 is 2. The van der Waals surface area contributed by atoms with Crippen molar-refractivity contribution in [1.82, 2.24) is 14.7 Å². The van der Waals surface area contributed by atoms with Gasteiger partial charge in [-0.3, -0.25) is 28.9 Å². The molecule has 2 amide bonds. The van der Waals surface area contributed by atoms with Gasteiger partial charge in [0.1, 0.15) is 5.78 Å². The summed E-state index contributed by atoms with van der Waals surface area (Å²) in [6.07, 6.45) is 2.63. The number of esters is 1. The van der Waals surface area contributed by atoms with E-state index in [0.717, 1.165) is 18.4 Å². The number of carbonyl (C=O) groups excluding carboxylic acids is 5. The molecule has 1 heterocycles. The van der Waals surface area contributed by atoms with Crippen LogP contribution in [0.4, 0.5) is 0 Å². The molecule has 0 radical (unpaired) electrons. The highest BCUT2D eigenvalue weighted by atomic mass is 16.5. The van der Waals surface area contributed by atoms with Crippen LogP contribution in [0, 0.1) is 41.4 Å². The second-order valence-electron chi connectivity index (χ2n) is 17.3. The zero-order chi connectivity index (χ0) is 41.7. The number of benzene rings is 1. The normalized spacial score (nSPS) is 19.2. The van der Waals surface area contributed by atoms with Crippen molar-refractivity contribution in [3.05, 3.63) is 35.9 Å². The summed E-state index contributed by atoms with van der Waals surface area (Å²) in [5.41, 5.74) is 0.953. The van der Waals surface area contributed by atoms with Gasteiger partial charge in [0.15, 0.2) is 5.78 Å². The monoisotopic (exact) mass is 770 g/mol. The minimum absolute atomic E-state index is 0.0190. The number of ketones is 2. The van der Waals surface area contributed by atoms with E-state index < -0.39 is 29.8 Å². The maximum absolute atomic E-state index is 14.4. The summed E-state index contributed by atoms with van der Waals surface area (Å²) in [6, 6.07) is 9.02. The molecule has 10 nitrogen and oxygen atoms in total. The van der Waals surface area contributed by atoms with Gasteiger partial charge in [-0.1, -0.05) is 92.1 Å². The number of nitrogens with zero attached hydrogens (tertiary/aromatic N) is 3. The summed E-state index contributed by atoms with van der Waals surface area (Å²) in [6.45, 7) is 21.0. The molecule has 0 unspecified atom stereocenters. The Balaban J connectivity index is 2.25. The largest absolute Gasteiger partial charge is 0.469 e. The van der Waals surface area contributed by atoms with Crippen LogP contribution < -0.4 is 0 Å². The predicted octanol–water partition coefficient (Wildman–Crippen LogP) is 7.12. The number of rotatable bonds is 23. The van der Waals surface area contributed by atoms with E-state index in [9.17, 15) is 24.0 Å². The van der Waals surface area contributed by atoms with Crippen molar-refractivity contribution in [2.75, 3.05) is 34.9 Å². The van der Waals surface area contributed by atoms with E-state index in [2.05, 4.69) is 46.4 Å². The van der Waals surface area contributed by atoms with Crippen molar-refractivity contribution >= 4 is 29.4 Å². The number of Topliss-reactive ketones (excluding diaryl/α,β-unsaturated/α-hetero) is 2. The summed E-state index contributed by atoms with van der Waals surface area (Å²) in [5, 5.41) is 0. The fraction of sp³-hybridized carbons (Fsp3) is 0.756. The average molecular weight is 770 g/mol. The van der Waals surface area contributed by atoms with Gasteiger partial charge in [0, 0.05) is 63.9 Å². The quantitative estimate of drug-likeness (QED) is 0.108. The van der Waals surface area contributed by atoms with Crippen LogP contribution in [0.3, 0.4) is 0 Å². The van der Waals surface area contributed by atoms with Crippen LogP contribution in [0.15, 0.2) is 30.3 Å². The summed E-state index contributed by atoms with van der Waals surface area (Å²) in [7, 11) is 6.75. The SMILES string of the molecule is CC[C@H](C)[C@@H]([C@H](C)CC(=O)N1CCC[C@H]1[C@H](OC)[C@@H](C)C(=O)C[C@@H](Cc1ccccc1)C(=O)OC)N(C)C(=O)[C@@H](CC(=O)[C@H](C(C)C)N(C)C(C)C)C(C)C. The topological polar surface area (TPSA) is 114 Å². The Labute approximate surface area is 333 Å². The first-order valence-electron chi connectivity index (χ1n) is 20.8. The number of hydrogen-bond acceptors (Lipinski definition) is 8. The van der Waals surface area contributed by atoms with Crippen molar-refractivity contribution in [3.63, 3.8) is 0 Å². The smallest absolute Gasteiger partial charge is 0.309 e. The molecule has 2 rings (SSSR count). The highest BCUT2D eigenvalue weighted by Crippen LogP contribution is 2.33. The first-order valence-corrected chi connectivity index (χ1v) is 20.8. The molecule has 0 aromatic heterocycles. The van der Waals surface area contributed by atoms with Crippen LogP contribution in [-0.4, -0.2) is 109 Å². The van der Waals surface area contributed by atoms with E-state index in [-0.39, 0.29) is 90.5 Å². The molecule has 0 spiro atoms. The van der Waals surface area contributed by atoms with E-state index >= 15 is 0 Å². The van der Waals surface area contributed by atoms with E-state index in [1.165, 1.54) is 7.11 Å². The lowest BCUT2D eigenvalue weighted by atomic mass is 9.81. The summed E-state index contributed by atoms with van der Waals surface area (Å²) >= 11 is 0. The summed E-state index contributed by atoms with van der Waals surface area (Å²) in [5.74, 6) is -2.10. The van der Waals surface area contributed by atoms with Crippen LogP contribution in [-0.2, 0) is 39.9 Å². The van der Waals surface area contributed by atoms with Crippen LogP contribution in [0.1, 0.15) is 113 Å². The second kappa shape index (κ2) is 22.6. The summed E-state index contributed by atoms with van der Waals surface area (Å²) in [4.78, 5) is 74.7. The fourth-order valence-electron chi connectivity index (χ4n) is 8.88. The second-order valence-corrected chi connectivity index (χ2v) is 17.3. The number of amides is 2. The average Bonchev–Trinajstić information content (AvgIpc) is 3.63. The maximum Gasteiger partial charge on any atom is 0.309 e. The Morgan fingerprint density at radius 3 is 1.95 bits per heavy atom. The first-order chi connectivity index (χ1) is 25.8. The van der Waals surface area contributed by atoms with Crippen molar-refractivity contribution in [2.45, 2.75) is 144 Å². The lowest BCUT2D eigenvalue weighted by molar-refractivity contribution is -0.148. The molecule has 1 aliphatic heterocycles. The Hall–Kier alpha value is -3.11. The highest BCUT2D eigenvalue weighted by molar-refractivity contribution is 5.90. The molecular weight excluding hydrogens is 695 g/mol. The standard InChI is InChI=1S/C45H75N3O7/c1-15-31(8)42(47(12)44(52)36(28(2)3)27-39(50)41(29(4)5)46(11)30(6)7)32(9)24-40(51)48-23-19-22-37(48)43(54-13)33(10)38(49)26-35(45(53)55-14)25-34-20-17-16-18-21-34/h16-18,20-21,28-33,35-37,41-43H,15,19,22-27H2,1-14H3/t31-,32+,33-,35+,36-,37-,41-,42-,43+/m0/s1. The number of ether oxygens (including phenoxy) is 2. The minimum Gasteiger partial charge on any atom is -0.469 e. The van der Waals surface area contributed by atoms with Gasteiger partial charge in [0.2, 0.25) is 11.8 Å². The molecule has 1 aromatic rings. The first kappa shape index (κ1) is 48.0. The van der Waals surface area contributed by atoms with Crippen molar-refractivity contribution in [3.8, 4) is 0 Å². The van der Waals surface area contributed by atoms with Crippen molar-refractivity contribution in [1.29, 1.82) is 0 Å². The van der Waals surface area contributed by atoms with Gasteiger partial charge >= 0.3 is 5.97 Å². The molecule has 0 N–H and O–H groups in total. The van der Waals surface area contributed by atoms with Gasteiger partial charge in [0.25, 0.3) is 0 Å². The molecule has 0 saturated carbocycles. The molecule has 312 valence electrons. The predicted molar refractivity (Wildman–Crippen MR) is 219 cm³/mol. The third-order valence-corrected chi connectivity index (χ3v) is 12.4. The number of likely N-dealkylation sites (N-methyl/N-ethyl adjacent to an activating group) is 1. The van der Waals surface area contributed by atoms with Gasteiger partial charge in [-0.15, -0.1) is 0 Å². The van der Waals surface area contributed by atoms with Gasteiger partial charge < -0.3 is 19.3 Å². The van der Waals surface area contributed by atoms with E-state index in [0.29, 0.717) is 19.4 Å². The molecule has 0 bridgehead atoms. The molecule has 1 aliphatic rings. The Morgan fingerprint density at radius 1 is 0.818 bits per heavy atom. The van der Waals surface area contributed by atoms with Crippen LogP contribution in [0.5, 0.6) is 0 Å². The molecule has 10 heteroatoms. The minimum atomic E-state index is -0.620. The molecule has 1 fully saturated rings. The van der Waals surface area contributed by atoms with E-state index in [4.69, 9.17) is 9.47 Å². The lowest BCUT2D eigenvalue weighted by Gasteiger charge is -2.41.